The van der Waals surface area contributed by atoms with Crippen LogP contribution in [0.25, 0.3) is 0 Å². The van der Waals surface area contributed by atoms with Gasteiger partial charge >= 0.3 is 0 Å². The first-order chi connectivity index (χ1) is 10.2. The molecule has 0 heterocycles. The van der Waals surface area contributed by atoms with E-state index in [1.54, 1.807) is 0 Å². The molecule has 7 saturated carbocycles. The van der Waals surface area contributed by atoms with Gasteiger partial charge in [0.05, 0.1) is 20.6 Å². The van der Waals surface area contributed by atoms with Gasteiger partial charge in [0.1, 0.15) is 29.2 Å². The van der Waals surface area contributed by atoms with Gasteiger partial charge in [0, 0.05) is 0 Å². The van der Waals surface area contributed by atoms with E-state index in [0.29, 0.717) is 0 Å². The van der Waals surface area contributed by atoms with Crippen LogP contribution in [-0.2, 0) is 4.79 Å². The molecule has 0 amide bonds. The Bertz CT molecular complexity index is 908. The number of Topliss-reactive ketones (excluding diaryl/α,β-unsaturated/α-hetero) is 1. The van der Waals surface area contributed by atoms with Crippen molar-refractivity contribution in [3.8, 4) is 0 Å². The van der Waals surface area contributed by atoms with Gasteiger partial charge in [0.2, 0.25) is 0 Å². The van der Waals surface area contributed by atoms with Crippen LogP contribution in [0, 0.1) is 10.8 Å². The molecule has 0 bridgehead atoms. The van der Waals surface area contributed by atoms with E-state index < -0.39 is 59.9 Å². The lowest BCUT2D eigenvalue weighted by molar-refractivity contribution is -0.166. The van der Waals surface area contributed by atoms with Crippen LogP contribution in [-0.4, -0.2) is 49.1 Å². The molecule has 10 unspecified atom stereocenters. The van der Waals surface area contributed by atoms with Gasteiger partial charge in [-0.15, -0.1) is 92.8 Å². The molecule has 1 nitrogen and oxygen atoms in total. The normalized spacial score (nSPS) is 90.6. The molecule has 2 spiro atoms. The summed E-state index contributed by atoms with van der Waals surface area (Å²) in [5, 5.41) is 0. The number of alkyl halides is 10. The number of hydrogen-bond donors (Lipinski definition) is 0. The minimum Gasteiger partial charge on any atom is -0.295 e. The highest BCUT2D eigenvalue weighted by molar-refractivity contribution is 6.80. The number of ketones is 1. The summed E-state index contributed by atoms with van der Waals surface area (Å²) in [6.07, 6.45) is 0. The number of rotatable bonds is 0. The zero-order valence-electron chi connectivity index (χ0n) is 10.2. The third kappa shape index (κ3) is 0.524. The summed E-state index contributed by atoms with van der Waals surface area (Å²) < 4.78 is -1.87. The highest BCUT2D eigenvalue weighted by Gasteiger charge is 3.45. The Labute approximate surface area is 179 Å². The summed E-state index contributed by atoms with van der Waals surface area (Å²) in [6.45, 7) is 0. The molecule has 23 heavy (non-hydrogen) atoms. The van der Waals surface area contributed by atoms with Crippen molar-refractivity contribution < 1.29 is 4.79 Å². The van der Waals surface area contributed by atoms with Gasteiger partial charge in [-0.1, -0.05) is 23.2 Å². The number of fused-ring (bicyclic) bond motifs is 4. The van der Waals surface area contributed by atoms with Gasteiger partial charge in [0.25, 0.3) is 0 Å². The van der Waals surface area contributed by atoms with Gasteiger partial charge in [-0.2, -0.15) is 0 Å². The molecule has 0 aliphatic heterocycles. The fourth-order valence-corrected chi connectivity index (χ4v) is 17.5. The van der Waals surface area contributed by atoms with E-state index >= 15 is 0 Å². The average Bonchev–Trinajstić information content (AvgIpc) is 3.13. The van der Waals surface area contributed by atoms with Gasteiger partial charge in [0.15, 0.2) is 10.1 Å². The highest BCUT2D eigenvalue weighted by Crippen LogP contribution is 3.28. The summed E-state index contributed by atoms with van der Waals surface area (Å²) in [5.41, 5.74) is -2.46. The lowest BCUT2D eigenvalue weighted by atomic mass is 9.31. The van der Waals surface area contributed by atoms with Crippen molar-refractivity contribution in [1.29, 1.82) is 0 Å². The van der Waals surface area contributed by atoms with E-state index in [9.17, 15) is 4.79 Å². The summed E-state index contributed by atoms with van der Waals surface area (Å²) in [7, 11) is 0. The van der Waals surface area contributed by atoms with E-state index in [1.807, 2.05) is 0 Å². The van der Waals surface area contributed by atoms with Crippen LogP contribution in [0.5, 0.6) is 0 Å². The van der Waals surface area contributed by atoms with Crippen molar-refractivity contribution in [2.45, 2.75) is 43.3 Å². The Hall–Kier alpha value is 2.57. The molecular formula is C12Cl10O. The van der Waals surface area contributed by atoms with Gasteiger partial charge in [-0.3, -0.25) is 4.79 Å². The summed E-state index contributed by atoms with van der Waals surface area (Å²) in [4.78, 5) is 0.656. The van der Waals surface area contributed by atoms with E-state index in [2.05, 4.69) is 0 Å². The van der Waals surface area contributed by atoms with Crippen LogP contribution in [0.3, 0.4) is 0 Å². The molecular weight excluding hydrogens is 515 g/mol. The largest absolute Gasteiger partial charge is 0.295 e. The molecule has 7 rings (SSSR count). The van der Waals surface area contributed by atoms with Gasteiger partial charge in [-0.05, 0) is 0 Å². The van der Waals surface area contributed by atoms with Crippen molar-refractivity contribution in [3.05, 3.63) is 0 Å². The maximum absolute atomic E-state index is 13.2. The Balaban J connectivity index is 1.78. The molecule has 7 aliphatic carbocycles. The molecule has 0 aromatic carbocycles. The fourth-order valence-electron chi connectivity index (χ4n) is 8.22. The van der Waals surface area contributed by atoms with E-state index in [0.717, 1.165) is 0 Å². The third-order valence-corrected chi connectivity index (χ3v) is 17.0. The predicted octanol–water partition coefficient (Wildman–Crippen LogP) is 4.62. The van der Waals surface area contributed by atoms with Crippen molar-refractivity contribution in [2.24, 2.45) is 10.8 Å². The summed E-state index contributed by atoms with van der Waals surface area (Å²) >= 11 is 67.8. The molecule has 124 valence electrons. The molecule has 7 aliphatic rings. The second kappa shape index (κ2) is 2.66. The van der Waals surface area contributed by atoms with E-state index in [-0.39, 0.29) is 0 Å². The molecule has 0 saturated heterocycles. The molecule has 10 atom stereocenters. The Kier molecular flexibility index (Phi) is 1.79. The first-order valence-electron chi connectivity index (χ1n) is 6.59. The first-order valence-corrected chi connectivity index (χ1v) is 10.4. The minimum absolute atomic E-state index is 0.583. The quantitative estimate of drug-likeness (QED) is 0.432. The lowest BCUT2D eigenvalue weighted by Gasteiger charge is -2.84. The monoisotopic (exact) mass is 510 g/mol. The minimum atomic E-state index is -1.87. The smallest absolute Gasteiger partial charge is 0.181 e. The average molecular weight is 515 g/mol. The zero-order chi connectivity index (χ0) is 17.1. The van der Waals surface area contributed by atoms with Crippen LogP contribution in [0.4, 0.5) is 0 Å². The van der Waals surface area contributed by atoms with Crippen molar-refractivity contribution in [3.63, 3.8) is 0 Å². The van der Waals surface area contributed by atoms with Gasteiger partial charge < -0.3 is 0 Å². The molecule has 0 aromatic rings. The molecule has 11 heteroatoms. The Morgan fingerprint density at radius 2 is 0.957 bits per heavy atom. The Morgan fingerprint density at radius 1 is 0.478 bits per heavy atom. The van der Waals surface area contributed by atoms with Crippen molar-refractivity contribution in [2.75, 3.05) is 0 Å². The van der Waals surface area contributed by atoms with E-state index in [1.165, 1.54) is 0 Å². The molecule has 0 aromatic heterocycles. The second-order valence-corrected chi connectivity index (χ2v) is 13.5. The summed E-state index contributed by atoms with van der Waals surface area (Å²) in [5.74, 6) is -0.583. The number of carbonyl (C=O) groups excluding carboxylic acids is 1. The first kappa shape index (κ1) is 15.5. The fraction of sp³-hybridized carbons (Fsp3) is 0.917. The van der Waals surface area contributed by atoms with Gasteiger partial charge in [-0.25, -0.2) is 0 Å². The van der Waals surface area contributed by atoms with Crippen LogP contribution in [0.1, 0.15) is 0 Å². The zero-order valence-corrected chi connectivity index (χ0v) is 17.7. The lowest BCUT2D eigenvalue weighted by Crippen LogP contribution is -3.01. The van der Waals surface area contributed by atoms with Crippen molar-refractivity contribution in [1.82, 2.24) is 0 Å². The number of halogens is 10. The van der Waals surface area contributed by atoms with Crippen LogP contribution in [0.15, 0.2) is 0 Å². The number of hydrogen-bond acceptors (Lipinski definition) is 1. The molecule has 0 N–H and O–H groups in total. The van der Waals surface area contributed by atoms with Crippen LogP contribution >= 0.6 is 116 Å². The summed E-state index contributed by atoms with van der Waals surface area (Å²) in [6, 6.07) is 0. The molecule has 7 fully saturated rings. The van der Waals surface area contributed by atoms with E-state index in [4.69, 9.17) is 116 Å². The van der Waals surface area contributed by atoms with Crippen molar-refractivity contribution >= 4 is 122 Å². The SMILES string of the molecule is O=C1C2(Cl)C3(Cl)C4(Cl)C(Cl)(Cl)C5(Cl)C6(Cl)C1(Cl)C61C2(Cl)C43C51Cl. The highest BCUT2D eigenvalue weighted by atomic mass is 35.5. The Morgan fingerprint density at radius 3 is 1.48 bits per heavy atom. The predicted molar refractivity (Wildman–Crippen MR) is 93.0 cm³/mol. The molecule has 0 radical (unpaired) electrons. The van der Waals surface area contributed by atoms with Crippen LogP contribution < -0.4 is 0 Å². The number of carbonyl (C=O) groups is 1. The van der Waals surface area contributed by atoms with Crippen LogP contribution in [0.2, 0.25) is 0 Å². The second-order valence-electron chi connectivity index (χ2n) is 7.67. The standard InChI is InChI=1S/C12Cl10O/c13-2-1(23)3(14)6(15)4(2)7(2,16)11(20)9(4,18)5(6)8(3,17)10(5,19)12(11,21)22. The third-order valence-electron chi connectivity index (χ3n) is 8.35. The topological polar surface area (TPSA) is 17.1 Å². The maximum Gasteiger partial charge on any atom is 0.181 e. The maximum atomic E-state index is 13.2.